The quantitative estimate of drug-likeness (QED) is 0.0203. The van der Waals surface area contributed by atoms with Crippen LogP contribution in [-0.4, -0.2) is 61.5 Å². The summed E-state index contributed by atoms with van der Waals surface area (Å²) in [5, 5.41) is 0. The highest BCUT2D eigenvalue weighted by Gasteiger charge is 2.36. The number of esters is 2. The van der Waals surface area contributed by atoms with Crippen LogP contribution in [0.3, 0.4) is 0 Å². The maximum Gasteiger partial charge on any atom is 0.472 e. The fraction of sp³-hybridized carbons (Fsp3) is 0.689. The molecule has 0 saturated carbocycles. The SMILES string of the molecule is CCCCC/C=C\C/C=C\C/C=C\C/C=C\C/C=C\CCC(=O)O[C@H](COC(=O)CCCCCCCC1OC1C/C=C\CCCCC)COP(=O)(O)OCCN. The van der Waals surface area contributed by atoms with E-state index in [1.807, 2.05) is 12.2 Å². The highest BCUT2D eigenvalue weighted by atomic mass is 31.2. The minimum atomic E-state index is -4.41. The Bertz CT molecular complexity index is 1210. The number of phosphoric ester groups is 1. The van der Waals surface area contributed by atoms with Gasteiger partial charge in [0.1, 0.15) is 6.61 Å². The standard InChI is InChI=1S/C45H76NO9P/c1-3-5-7-9-11-12-13-14-15-16-17-18-19-20-21-22-23-27-32-36-45(48)54-41(40-53-56(49,50)52-38-37-46)39-51-44(47)35-31-28-24-26-30-34-43-42(55-43)33-29-25-10-8-6-4-2/h11-12,14-15,17-18,20-21,23,25,27,29,41-43H,3-10,13,16,19,22,24,26,28,30-40,46H2,1-2H3,(H,49,50)/b12-11-,15-14-,18-17-,21-20-,27-23-,29-25-/t41-,42?,43?/m1/s1. The van der Waals surface area contributed by atoms with Crippen LogP contribution in [0.4, 0.5) is 0 Å². The van der Waals surface area contributed by atoms with Gasteiger partial charge in [-0.1, -0.05) is 138 Å². The Morgan fingerprint density at radius 2 is 1.20 bits per heavy atom. The Morgan fingerprint density at radius 3 is 1.80 bits per heavy atom. The highest BCUT2D eigenvalue weighted by molar-refractivity contribution is 7.47. The number of allylic oxidation sites excluding steroid dienone is 11. The molecule has 0 aromatic rings. The Labute approximate surface area is 339 Å². The minimum absolute atomic E-state index is 0.0341. The first kappa shape index (κ1) is 51.4. The molecule has 1 fully saturated rings. The lowest BCUT2D eigenvalue weighted by Gasteiger charge is -2.19. The predicted molar refractivity (Wildman–Crippen MR) is 228 cm³/mol. The number of rotatable bonds is 38. The number of carbonyl (C=O) groups is 2. The van der Waals surface area contributed by atoms with E-state index >= 15 is 0 Å². The van der Waals surface area contributed by atoms with E-state index in [1.165, 1.54) is 44.9 Å². The van der Waals surface area contributed by atoms with Gasteiger partial charge in [-0.2, -0.15) is 0 Å². The maximum absolute atomic E-state index is 12.6. The van der Waals surface area contributed by atoms with Gasteiger partial charge in [0, 0.05) is 19.4 Å². The van der Waals surface area contributed by atoms with E-state index in [1.54, 1.807) is 0 Å². The lowest BCUT2D eigenvalue weighted by Crippen LogP contribution is -2.29. The summed E-state index contributed by atoms with van der Waals surface area (Å²) in [6.07, 6.45) is 46.8. The van der Waals surface area contributed by atoms with E-state index in [-0.39, 0.29) is 32.6 Å². The lowest BCUT2D eigenvalue weighted by atomic mass is 10.1. The third-order valence-electron chi connectivity index (χ3n) is 9.00. The van der Waals surface area contributed by atoms with Crippen molar-refractivity contribution in [3.8, 4) is 0 Å². The molecule has 10 nitrogen and oxygen atoms in total. The van der Waals surface area contributed by atoms with Gasteiger partial charge in [-0.15, -0.1) is 0 Å². The van der Waals surface area contributed by atoms with Crippen molar-refractivity contribution in [3.63, 3.8) is 0 Å². The topological polar surface area (TPSA) is 147 Å². The van der Waals surface area contributed by atoms with Gasteiger partial charge in [-0.25, -0.2) is 4.57 Å². The van der Waals surface area contributed by atoms with E-state index in [2.05, 4.69) is 74.6 Å². The van der Waals surface area contributed by atoms with Crippen LogP contribution in [0, 0.1) is 0 Å². The van der Waals surface area contributed by atoms with Crippen molar-refractivity contribution < 1.29 is 42.3 Å². The first-order chi connectivity index (χ1) is 27.3. The van der Waals surface area contributed by atoms with Crippen LogP contribution in [0.1, 0.15) is 155 Å². The average Bonchev–Trinajstić information content (AvgIpc) is 3.94. The zero-order valence-electron chi connectivity index (χ0n) is 34.8. The van der Waals surface area contributed by atoms with Crippen molar-refractivity contribution in [1.82, 2.24) is 0 Å². The van der Waals surface area contributed by atoms with Crippen molar-refractivity contribution >= 4 is 19.8 Å². The molecule has 1 heterocycles. The molecule has 1 rings (SSSR count). The van der Waals surface area contributed by atoms with Crippen molar-refractivity contribution in [1.29, 1.82) is 0 Å². The van der Waals surface area contributed by atoms with Gasteiger partial charge in [0.2, 0.25) is 0 Å². The minimum Gasteiger partial charge on any atom is -0.462 e. The fourth-order valence-electron chi connectivity index (χ4n) is 5.68. The van der Waals surface area contributed by atoms with Gasteiger partial charge >= 0.3 is 19.8 Å². The maximum atomic E-state index is 12.6. The van der Waals surface area contributed by atoms with Crippen LogP contribution in [0.5, 0.6) is 0 Å². The number of hydrogen-bond acceptors (Lipinski definition) is 9. The summed E-state index contributed by atoms with van der Waals surface area (Å²) in [6, 6.07) is 0. The molecule has 3 unspecified atom stereocenters. The van der Waals surface area contributed by atoms with Gasteiger partial charge in [0.25, 0.3) is 0 Å². The van der Waals surface area contributed by atoms with E-state index in [0.717, 1.165) is 70.6 Å². The summed E-state index contributed by atoms with van der Waals surface area (Å²) >= 11 is 0. The molecule has 4 atom stereocenters. The third kappa shape index (κ3) is 33.5. The summed E-state index contributed by atoms with van der Waals surface area (Å²) in [4.78, 5) is 34.9. The summed E-state index contributed by atoms with van der Waals surface area (Å²) in [5.74, 6) is -0.955. The second kappa shape index (κ2) is 36.7. The van der Waals surface area contributed by atoms with Gasteiger partial charge in [0.15, 0.2) is 6.10 Å². The monoisotopic (exact) mass is 806 g/mol. The molecule has 3 N–H and O–H groups in total. The van der Waals surface area contributed by atoms with Crippen molar-refractivity contribution in [2.24, 2.45) is 5.73 Å². The molecule has 0 radical (unpaired) electrons. The van der Waals surface area contributed by atoms with Crippen molar-refractivity contribution in [2.75, 3.05) is 26.4 Å². The summed E-state index contributed by atoms with van der Waals surface area (Å²) in [6.45, 7) is 3.54. The molecule has 1 aliphatic rings. The molecule has 1 aliphatic heterocycles. The first-order valence-corrected chi connectivity index (χ1v) is 23.0. The molecule has 0 aromatic carbocycles. The van der Waals surface area contributed by atoms with Crippen molar-refractivity contribution in [2.45, 2.75) is 173 Å². The lowest BCUT2D eigenvalue weighted by molar-refractivity contribution is -0.161. The van der Waals surface area contributed by atoms with E-state index in [0.29, 0.717) is 25.0 Å². The number of epoxide rings is 1. The van der Waals surface area contributed by atoms with Crippen molar-refractivity contribution in [3.05, 3.63) is 72.9 Å². The van der Waals surface area contributed by atoms with E-state index in [4.69, 9.17) is 29.0 Å². The first-order valence-electron chi connectivity index (χ1n) is 21.5. The molecule has 0 aromatic heterocycles. The van der Waals surface area contributed by atoms with Crippen LogP contribution in [0.2, 0.25) is 0 Å². The Morgan fingerprint density at radius 1 is 0.643 bits per heavy atom. The molecule has 56 heavy (non-hydrogen) atoms. The van der Waals surface area contributed by atoms with Gasteiger partial charge in [-0.3, -0.25) is 18.6 Å². The van der Waals surface area contributed by atoms with Crippen LogP contribution >= 0.6 is 7.82 Å². The number of nitrogens with two attached hydrogens (primary N) is 1. The molecule has 1 saturated heterocycles. The Kier molecular flexibility index (Phi) is 33.7. The Balaban J connectivity index is 2.26. The van der Waals surface area contributed by atoms with Crippen LogP contribution in [-0.2, 0) is 37.4 Å². The molecular weight excluding hydrogens is 729 g/mol. The smallest absolute Gasteiger partial charge is 0.462 e. The molecular formula is C45H76NO9P. The van der Waals surface area contributed by atoms with Gasteiger partial charge < -0.3 is 24.8 Å². The molecule has 0 aliphatic carbocycles. The largest absolute Gasteiger partial charge is 0.472 e. The highest BCUT2D eigenvalue weighted by Crippen LogP contribution is 2.43. The summed E-state index contributed by atoms with van der Waals surface area (Å²) < 4.78 is 38.5. The average molecular weight is 806 g/mol. The van der Waals surface area contributed by atoms with E-state index in [9.17, 15) is 19.0 Å². The van der Waals surface area contributed by atoms with Crippen LogP contribution in [0.25, 0.3) is 0 Å². The van der Waals surface area contributed by atoms with Gasteiger partial charge in [-0.05, 0) is 77.0 Å². The fourth-order valence-corrected chi connectivity index (χ4v) is 6.45. The molecule has 0 amide bonds. The summed E-state index contributed by atoms with van der Waals surface area (Å²) in [7, 11) is -4.41. The zero-order valence-corrected chi connectivity index (χ0v) is 35.7. The molecule has 0 spiro atoms. The van der Waals surface area contributed by atoms with Crippen LogP contribution < -0.4 is 5.73 Å². The molecule has 0 bridgehead atoms. The number of hydrogen-bond donors (Lipinski definition) is 2. The number of phosphoric acid groups is 1. The normalized spacial score (nSPS) is 17.6. The van der Waals surface area contributed by atoms with Gasteiger partial charge in [0.05, 0.1) is 25.4 Å². The second-order valence-electron chi connectivity index (χ2n) is 14.2. The number of carbonyl (C=O) groups excluding carboxylic acids is 2. The Hall–Kier alpha value is -2.59. The van der Waals surface area contributed by atoms with Crippen LogP contribution in [0.15, 0.2) is 72.9 Å². The summed E-state index contributed by atoms with van der Waals surface area (Å²) in [5.41, 5.74) is 5.34. The molecule has 11 heteroatoms. The number of ether oxygens (including phenoxy) is 3. The second-order valence-corrected chi connectivity index (χ2v) is 15.7. The predicted octanol–water partition coefficient (Wildman–Crippen LogP) is 11.3. The molecule has 320 valence electrons. The number of unbranched alkanes of at least 4 members (excludes halogenated alkanes) is 10. The van der Waals surface area contributed by atoms with E-state index < -0.39 is 32.5 Å². The third-order valence-corrected chi connectivity index (χ3v) is 9.99. The zero-order chi connectivity index (χ0) is 40.8.